The highest BCUT2D eigenvalue weighted by molar-refractivity contribution is 7.89. The first-order valence-electron chi connectivity index (χ1n) is 9.59. The van der Waals surface area contributed by atoms with Gasteiger partial charge in [-0.1, -0.05) is 55.0 Å². The van der Waals surface area contributed by atoms with Crippen LogP contribution < -0.4 is 5.32 Å². The van der Waals surface area contributed by atoms with Crippen molar-refractivity contribution >= 4 is 32.4 Å². The Bertz CT molecular complexity index is 1150. The Hall–Kier alpha value is -2.70. The predicted molar refractivity (Wildman–Crippen MR) is 118 cm³/mol. The first-order valence-corrected chi connectivity index (χ1v) is 11.0. The highest BCUT2D eigenvalue weighted by Gasteiger charge is 2.26. The molecule has 3 aromatic rings. The van der Waals surface area contributed by atoms with Gasteiger partial charge in [-0.05, 0) is 54.8 Å². The van der Waals surface area contributed by atoms with Crippen LogP contribution in [0.4, 0.5) is 5.69 Å². The van der Waals surface area contributed by atoms with Crippen molar-refractivity contribution in [3.8, 4) is 0 Å². The van der Waals surface area contributed by atoms with Gasteiger partial charge in [0.25, 0.3) is 0 Å². The van der Waals surface area contributed by atoms with Crippen LogP contribution in [-0.4, -0.2) is 31.7 Å². The second-order valence-electron chi connectivity index (χ2n) is 7.26. The lowest BCUT2D eigenvalue weighted by Gasteiger charge is -2.21. The van der Waals surface area contributed by atoms with Crippen LogP contribution in [0.5, 0.6) is 0 Å². The number of fused-ring (bicyclic) bond motifs is 1. The third kappa shape index (κ3) is 4.49. The predicted octanol–water partition coefficient (Wildman–Crippen LogP) is 4.41. The SMILES string of the molecule is CCN(CC(=O)Nc1c(C)cc(C)cc1C)S(=O)(=O)c1ccc2ccccc2c1. The number of carbonyl (C=O) groups excluding carboxylic acids is 1. The summed E-state index contributed by atoms with van der Waals surface area (Å²) in [4.78, 5) is 12.8. The highest BCUT2D eigenvalue weighted by Crippen LogP contribution is 2.24. The lowest BCUT2D eigenvalue weighted by molar-refractivity contribution is -0.116. The lowest BCUT2D eigenvalue weighted by Crippen LogP contribution is -2.38. The van der Waals surface area contributed by atoms with Crippen LogP contribution in [0.3, 0.4) is 0 Å². The van der Waals surface area contributed by atoms with Gasteiger partial charge in [0.1, 0.15) is 0 Å². The van der Waals surface area contributed by atoms with Crippen LogP contribution in [0.1, 0.15) is 23.6 Å². The molecule has 0 heterocycles. The molecule has 0 fully saturated rings. The maximum absolute atomic E-state index is 13.1. The molecular weight excluding hydrogens is 384 g/mol. The molecule has 152 valence electrons. The summed E-state index contributed by atoms with van der Waals surface area (Å²) in [6, 6.07) is 16.6. The maximum Gasteiger partial charge on any atom is 0.243 e. The molecule has 1 N–H and O–H groups in total. The largest absolute Gasteiger partial charge is 0.324 e. The lowest BCUT2D eigenvalue weighted by atomic mass is 10.1. The highest BCUT2D eigenvalue weighted by atomic mass is 32.2. The molecule has 0 aliphatic carbocycles. The molecule has 0 saturated carbocycles. The van der Waals surface area contributed by atoms with Gasteiger partial charge in [-0.2, -0.15) is 4.31 Å². The fraction of sp³-hybridized carbons (Fsp3) is 0.261. The number of hydrogen-bond acceptors (Lipinski definition) is 3. The van der Waals surface area contributed by atoms with Gasteiger partial charge in [-0.15, -0.1) is 0 Å². The number of sulfonamides is 1. The molecule has 1 amide bonds. The summed E-state index contributed by atoms with van der Waals surface area (Å²) < 4.78 is 27.4. The number of likely N-dealkylation sites (N-methyl/N-ethyl adjacent to an activating group) is 1. The number of anilines is 1. The van der Waals surface area contributed by atoms with E-state index in [1.165, 1.54) is 4.31 Å². The van der Waals surface area contributed by atoms with Crippen molar-refractivity contribution in [2.75, 3.05) is 18.4 Å². The van der Waals surface area contributed by atoms with Crippen molar-refractivity contribution in [3.05, 3.63) is 71.3 Å². The molecule has 5 nitrogen and oxygen atoms in total. The topological polar surface area (TPSA) is 66.5 Å². The minimum atomic E-state index is -3.78. The van der Waals surface area contributed by atoms with Crippen LogP contribution in [0.15, 0.2) is 59.5 Å². The molecule has 0 unspecified atom stereocenters. The molecule has 0 atom stereocenters. The van der Waals surface area contributed by atoms with Crippen molar-refractivity contribution in [1.82, 2.24) is 4.31 Å². The van der Waals surface area contributed by atoms with E-state index < -0.39 is 10.0 Å². The van der Waals surface area contributed by atoms with Gasteiger partial charge >= 0.3 is 0 Å². The molecule has 0 aliphatic rings. The van der Waals surface area contributed by atoms with E-state index in [-0.39, 0.29) is 23.9 Å². The van der Waals surface area contributed by atoms with Gasteiger partial charge in [0.2, 0.25) is 15.9 Å². The molecule has 3 aromatic carbocycles. The summed E-state index contributed by atoms with van der Waals surface area (Å²) in [6.07, 6.45) is 0. The van der Waals surface area contributed by atoms with Crippen molar-refractivity contribution in [1.29, 1.82) is 0 Å². The van der Waals surface area contributed by atoms with E-state index in [1.807, 2.05) is 57.2 Å². The molecule has 0 saturated heterocycles. The van der Waals surface area contributed by atoms with Crippen molar-refractivity contribution in [2.24, 2.45) is 0 Å². The Morgan fingerprint density at radius 1 is 0.931 bits per heavy atom. The average molecular weight is 411 g/mol. The number of benzene rings is 3. The number of hydrogen-bond donors (Lipinski definition) is 1. The third-order valence-electron chi connectivity index (χ3n) is 4.97. The van der Waals surface area contributed by atoms with Crippen LogP contribution in [0.2, 0.25) is 0 Å². The van der Waals surface area contributed by atoms with Crippen molar-refractivity contribution in [3.63, 3.8) is 0 Å². The summed E-state index contributed by atoms with van der Waals surface area (Å²) in [5.74, 6) is -0.355. The minimum absolute atomic E-state index is 0.188. The Morgan fingerprint density at radius 2 is 1.55 bits per heavy atom. The summed E-state index contributed by atoms with van der Waals surface area (Å²) in [5.41, 5.74) is 3.76. The smallest absolute Gasteiger partial charge is 0.243 e. The van der Waals surface area contributed by atoms with Crippen LogP contribution in [-0.2, 0) is 14.8 Å². The van der Waals surface area contributed by atoms with Crippen LogP contribution in [0.25, 0.3) is 10.8 Å². The van der Waals surface area contributed by atoms with Crippen molar-refractivity contribution in [2.45, 2.75) is 32.6 Å². The molecule has 29 heavy (non-hydrogen) atoms. The normalized spacial score (nSPS) is 11.8. The zero-order valence-electron chi connectivity index (χ0n) is 17.2. The van der Waals surface area contributed by atoms with Gasteiger partial charge in [0.05, 0.1) is 11.4 Å². The third-order valence-corrected chi connectivity index (χ3v) is 6.89. The van der Waals surface area contributed by atoms with Gasteiger partial charge in [0.15, 0.2) is 0 Å². The van der Waals surface area contributed by atoms with Gasteiger partial charge in [-0.3, -0.25) is 4.79 Å². The number of nitrogens with one attached hydrogen (secondary N) is 1. The summed E-state index contributed by atoms with van der Waals surface area (Å²) >= 11 is 0. The fourth-order valence-electron chi connectivity index (χ4n) is 3.56. The molecule has 0 radical (unpaired) electrons. The zero-order valence-corrected chi connectivity index (χ0v) is 18.0. The van der Waals surface area contributed by atoms with E-state index in [1.54, 1.807) is 25.1 Å². The summed E-state index contributed by atoms with van der Waals surface area (Å²) in [6.45, 7) is 7.56. The minimum Gasteiger partial charge on any atom is -0.324 e. The van der Waals surface area contributed by atoms with Gasteiger partial charge in [-0.25, -0.2) is 8.42 Å². The monoisotopic (exact) mass is 410 g/mol. The van der Waals surface area contributed by atoms with Crippen LogP contribution >= 0.6 is 0 Å². The van der Waals surface area contributed by atoms with E-state index >= 15 is 0 Å². The summed E-state index contributed by atoms with van der Waals surface area (Å²) in [5, 5.41) is 4.70. The molecule has 6 heteroatoms. The molecular formula is C23H26N2O3S. The van der Waals surface area contributed by atoms with Gasteiger partial charge in [0, 0.05) is 12.2 Å². The number of carbonyl (C=O) groups is 1. The maximum atomic E-state index is 13.1. The molecule has 3 rings (SSSR count). The van der Waals surface area contributed by atoms with E-state index in [9.17, 15) is 13.2 Å². The number of aryl methyl sites for hydroxylation is 3. The van der Waals surface area contributed by atoms with E-state index in [2.05, 4.69) is 5.32 Å². The average Bonchev–Trinajstić information content (AvgIpc) is 2.68. The van der Waals surface area contributed by atoms with Crippen LogP contribution in [0, 0.1) is 20.8 Å². The molecule has 0 aromatic heterocycles. The van der Waals surface area contributed by atoms with E-state index in [0.29, 0.717) is 0 Å². The number of amides is 1. The van der Waals surface area contributed by atoms with E-state index in [0.717, 1.165) is 33.2 Å². The second-order valence-corrected chi connectivity index (χ2v) is 9.20. The quantitative estimate of drug-likeness (QED) is 0.654. The molecule has 0 spiro atoms. The fourth-order valence-corrected chi connectivity index (χ4v) is 5.00. The van der Waals surface area contributed by atoms with Crippen molar-refractivity contribution < 1.29 is 13.2 Å². The second kappa shape index (κ2) is 8.35. The van der Waals surface area contributed by atoms with E-state index in [4.69, 9.17) is 0 Å². The first-order chi connectivity index (χ1) is 13.7. The first kappa shape index (κ1) is 21.0. The Balaban J connectivity index is 1.83. The Kier molecular flexibility index (Phi) is 6.05. The Morgan fingerprint density at radius 3 is 2.17 bits per heavy atom. The summed E-state index contributed by atoms with van der Waals surface area (Å²) in [7, 11) is -3.78. The Labute approximate surface area is 172 Å². The number of rotatable bonds is 6. The zero-order chi connectivity index (χ0) is 21.2. The number of nitrogens with zero attached hydrogens (tertiary/aromatic N) is 1. The standard InChI is InChI=1S/C23H26N2O3S/c1-5-25(15-22(26)24-23-17(3)12-16(2)13-18(23)4)29(27,28)21-11-10-19-8-6-7-9-20(19)14-21/h6-14H,5,15H2,1-4H3,(H,24,26). The molecule has 0 bridgehead atoms. The van der Waals surface area contributed by atoms with Gasteiger partial charge < -0.3 is 5.32 Å². The molecule has 0 aliphatic heterocycles.